The van der Waals surface area contributed by atoms with Crippen LogP contribution in [0.25, 0.3) is 10.8 Å². The molecule has 0 unspecified atom stereocenters. The van der Waals surface area contributed by atoms with E-state index in [0.29, 0.717) is 12.2 Å². The molecule has 1 amide bonds. The van der Waals surface area contributed by atoms with Crippen molar-refractivity contribution in [3.8, 4) is 11.5 Å². The minimum absolute atomic E-state index is 0.0136. The molecule has 4 heteroatoms. The number of methoxy groups -OCH3 is 1. The van der Waals surface area contributed by atoms with Crippen LogP contribution in [-0.4, -0.2) is 19.1 Å². The SMILES string of the molecule is COc1cc([C@@H]2CC(=O)Nc3c2ccc2ccccc32)ccc1OC(C)C. The van der Waals surface area contributed by atoms with Crippen molar-refractivity contribution in [3.63, 3.8) is 0 Å². The Kier molecular flexibility index (Phi) is 4.48. The van der Waals surface area contributed by atoms with Gasteiger partial charge in [0.05, 0.1) is 18.9 Å². The standard InChI is InChI=1S/C23H23NO3/c1-14(2)27-20-11-9-16(12-21(20)26-3)19-13-22(25)24-23-17-7-5-4-6-15(17)8-10-18(19)23/h4-12,14,19H,13H2,1-3H3,(H,24,25)/t19-/m0/s1. The van der Waals surface area contributed by atoms with Gasteiger partial charge in [0.15, 0.2) is 11.5 Å². The van der Waals surface area contributed by atoms with Gasteiger partial charge in [0.1, 0.15) is 0 Å². The molecule has 138 valence electrons. The molecule has 3 aromatic carbocycles. The molecule has 1 N–H and O–H groups in total. The number of carbonyl (C=O) groups excluding carboxylic acids is 1. The van der Waals surface area contributed by atoms with Gasteiger partial charge in [0.25, 0.3) is 0 Å². The van der Waals surface area contributed by atoms with Crippen molar-refractivity contribution >= 4 is 22.4 Å². The van der Waals surface area contributed by atoms with E-state index in [4.69, 9.17) is 9.47 Å². The molecule has 0 aliphatic carbocycles. The molecule has 4 rings (SSSR count). The third-order valence-electron chi connectivity index (χ3n) is 4.94. The van der Waals surface area contributed by atoms with Gasteiger partial charge in [0, 0.05) is 17.7 Å². The highest BCUT2D eigenvalue weighted by Crippen LogP contribution is 2.42. The summed E-state index contributed by atoms with van der Waals surface area (Å²) in [7, 11) is 1.64. The van der Waals surface area contributed by atoms with Gasteiger partial charge in [-0.15, -0.1) is 0 Å². The number of benzene rings is 3. The maximum atomic E-state index is 12.5. The number of amides is 1. The molecule has 3 aromatic rings. The first kappa shape index (κ1) is 17.4. The fourth-order valence-electron chi connectivity index (χ4n) is 3.75. The van der Waals surface area contributed by atoms with E-state index in [1.54, 1.807) is 7.11 Å². The molecule has 0 fully saturated rings. The quantitative estimate of drug-likeness (QED) is 0.702. The highest BCUT2D eigenvalue weighted by molar-refractivity contribution is 6.06. The van der Waals surface area contributed by atoms with Gasteiger partial charge in [-0.2, -0.15) is 0 Å². The van der Waals surface area contributed by atoms with Crippen LogP contribution in [0.4, 0.5) is 5.69 Å². The van der Waals surface area contributed by atoms with Crippen molar-refractivity contribution in [2.24, 2.45) is 0 Å². The number of carbonyl (C=O) groups is 1. The van der Waals surface area contributed by atoms with Crippen molar-refractivity contribution in [1.29, 1.82) is 0 Å². The van der Waals surface area contributed by atoms with E-state index in [2.05, 4.69) is 29.6 Å². The van der Waals surface area contributed by atoms with E-state index in [1.807, 2.05) is 44.2 Å². The van der Waals surface area contributed by atoms with Crippen LogP contribution in [0.15, 0.2) is 54.6 Å². The zero-order valence-electron chi connectivity index (χ0n) is 15.8. The van der Waals surface area contributed by atoms with Crippen LogP contribution < -0.4 is 14.8 Å². The topological polar surface area (TPSA) is 47.6 Å². The van der Waals surface area contributed by atoms with Gasteiger partial charge < -0.3 is 14.8 Å². The van der Waals surface area contributed by atoms with Crippen LogP contribution in [0.5, 0.6) is 11.5 Å². The Hall–Kier alpha value is -3.01. The zero-order chi connectivity index (χ0) is 19.0. The van der Waals surface area contributed by atoms with E-state index in [0.717, 1.165) is 33.3 Å². The van der Waals surface area contributed by atoms with Crippen LogP contribution in [0.2, 0.25) is 0 Å². The maximum absolute atomic E-state index is 12.5. The number of fused-ring (bicyclic) bond motifs is 3. The van der Waals surface area contributed by atoms with E-state index in [9.17, 15) is 4.79 Å². The van der Waals surface area contributed by atoms with Gasteiger partial charge >= 0.3 is 0 Å². The molecule has 1 atom stereocenters. The van der Waals surface area contributed by atoms with Gasteiger partial charge in [-0.3, -0.25) is 4.79 Å². The summed E-state index contributed by atoms with van der Waals surface area (Å²) in [6.07, 6.45) is 0.482. The second kappa shape index (κ2) is 6.95. The third-order valence-corrected chi connectivity index (χ3v) is 4.94. The number of rotatable bonds is 4. The van der Waals surface area contributed by atoms with Crippen LogP contribution >= 0.6 is 0 Å². The molecular weight excluding hydrogens is 338 g/mol. The Morgan fingerprint density at radius 1 is 1.04 bits per heavy atom. The predicted octanol–water partition coefficient (Wildman–Crippen LogP) is 5.11. The number of hydrogen-bond acceptors (Lipinski definition) is 3. The minimum atomic E-state index is -0.0136. The lowest BCUT2D eigenvalue weighted by Gasteiger charge is -2.28. The number of hydrogen-bond donors (Lipinski definition) is 1. The fraction of sp³-hybridized carbons (Fsp3) is 0.261. The second-order valence-electron chi connectivity index (χ2n) is 7.13. The van der Waals surface area contributed by atoms with Gasteiger partial charge in [-0.05, 0) is 42.5 Å². The normalized spacial score (nSPS) is 16.1. The molecule has 0 radical (unpaired) electrons. The summed E-state index contributed by atoms with van der Waals surface area (Å²) in [5.74, 6) is 1.43. The first-order valence-electron chi connectivity index (χ1n) is 9.23. The molecular formula is C23H23NO3. The van der Waals surface area contributed by atoms with Crippen LogP contribution in [-0.2, 0) is 4.79 Å². The number of ether oxygens (including phenoxy) is 2. The van der Waals surface area contributed by atoms with Gasteiger partial charge in [-0.25, -0.2) is 0 Å². The van der Waals surface area contributed by atoms with Crippen molar-refractivity contribution < 1.29 is 14.3 Å². The zero-order valence-corrected chi connectivity index (χ0v) is 15.8. The van der Waals surface area contributed by atoms with Crippen molar-refractivity contribution in [1.82, 2.24) is 0 Å². The Labute approximate surface area is 159 Å². The summed E-state index contributed by atoms with van der Waals surface area (Å²) in [5.41, 5.74) is 3.10. The Balaban J connectivity index is 1.81. The Morgan fingerprint density at radius 3 is 2.63 bits per heavy atom. The maximum Gasteiger partial charge on any atom is 0.225 e. The van der Waals surface area contributed by atoms with Crippen LogP contribution in [0, 0.1) is 0 Å². The van der Waals surface area contributed by atoms with E-state index in [-0.39, 0.29) is 17.9 Å². The fourth-order valence-corrected chi connectivity index (χ4v) is 3.75. The smallest absolute Gasteiger partial charge is 0.225 e. The molecule has 4 nitrogen and oxygen atoms in total. The summed E-state index contributed by atoms with van der Waals surface area (Å²) in [4.78, 5) is 12.5. The lowest BCUT2D eigenvalue weighted by Crippen LogP contribution is -2.23. The Bertz CT molecular complexity index is 1010. The second-order valence-corrected chi connectivity index (χ2v) is 7.13. The average molecular weight is 361 g/mol. The highest BCUT2D eigenvalue weighted by Gasteiger charge is 2.28. The van der Waals surface area contributed by atoms with E-state index >= 15 is 0 Å². The first-order chi connectivity index (χ1) is 13.1. The molecule has 1 aliphatic rings. The predicted molar refractivity (Wildman–Crippen MR) is 108 cm³/mol. The molecule has 0 aromatic heterocycles. The van der Waals surface area contributed by atoms with Crippen molar-refractivity contribution in [2.45, 2.75) is 32.3 Å². The molecule has 0 spiro atoms. The summed E-state index contributed by atoms with van der Waals surface area (Å²) < 4.78 is 11.4. The highest BCUT2D eigenvalue weighted by atomic mass is 16.5. The lowest BCUT2D eigenvalue weighted by atomic mass is 9.83. The van der Waals surface area contributed by atoms with Crippen LogP contribution in [0.1, 0.15) is 37.3 Å². The summed E-state index contributed by atoms with van der Waals surface area (Å²) in [6.45, 7) is 3.97. The molecule has 1 aliphatic heterocycles. The molecule has 0 saturated heterocycles. The molecule has 1 heterocycles. The van der Waals surface area contributed by atoms with Crippen molar-refractivity contribution in [2.75, 3.05) is 12.4 Å². The number of nitrogens with one attached hydrogen (secondary N) is 1. The average Bonchev–Trinajstić information content (AvgIpc) is 2.67. The largest absolute Gasteiger partial charge is 0.493 e. The third kappa shape index (κ3) is 3.23. The molecule has 27 heavy (non-hydrogen) atoms. The Morgan fingerprint density at radius 2 is 1.85 bits per heavy atom. The van der Waals surface area contributed by atoms with Crippen molar-refractivity contribution in [3.05, 3.63) is 65.7 Å². The summed E-state index contributed by atoms with van der Waals surface area (Å²) in [6, 6.07) is 18.3. The molecule has 0 bridgehead atoms. The monoisotopic (exact) mass is 361 g/mol. The molecule has 0 saturated carbocycles. The van der Waals surface area contributed by atoms with E-state index < -0.39 is 0 Å². The minimum Gasteiger partial charge on any atom is -0.493 e. The van der Waals surface area contributed by atoms with E-state index in [1.165, 1.54) is 0 Å². The summed E-state index contributed by atoms with van der Waals surface area (Å²) >= 11 is 0. The van der Waals surface area contributed by atoms with Crippen LogP contribution in [0.3, 0.4) is 0 Å². The van der Waals surface area contributed by atoms with Gasteiger partial charge in [0.2, 0.25) is 5.91 Å². The van der Waals surface area contributed by atoms with Gasteiger partial charge in [-0.1, -0.05) is 42.5 Å². The number of anilines is 1. The lowest BCUT2D eigenvalue weighted by molar-refractivity contribution is -0.116. The summed E-state index contributed by atoms with van der Waals surface area (Å²) in [5, 5.41) is 5.26. The first-order valence-corrected chi connectivity index (χ1v) is 9.23.